The van der Waals surface area contributed by atoms with Crippen LogP contribution in [-0.2, 0) is 6.42 Å². The quantitative estimate of drug-likeness (QED) is 0.777. The van der Waals surface area contributed by atoms with Crippen molar-refractivity contribution in [3.63, 3.8) is 0 Å². The molecule has 0 unspecified atom stereocenters. The zero-order valence-electron chi connectivity index (χ0n) is 11.5. The summed E-state index contributed by atoms with van der Waals surface area (Å²) < 4.78 is 0. The van der Waals surface area contributed by atoms with Gasteiger partial charge in [-0.25, -0.2) is 0 Å². The molecule has 0 aromatic heterocycles. The predicted molar refractivity (Wildman–Crippen MR) is 79.8 cm³/mol. The molecule has 1 heterocycles. The Morgan fingerprint density at radius 3 is 2.74 bits per heavy atom. The van der Waals surface area contributed by atoms with Crippen molar-refractivity contribution in [2.75, 3.05) is 5.32 Å². The van der Waals surface area contributed by atoms with E-state index >= 15 is 0 Å². The first-order valence-electron chi connectivity index (χ1n) is 7.22. The summed E-state index contributed by atoms with van der Waals surface area (Å²) >= 11 is 0. The van der Waals surface area contributed by atoms with Gasteiger partial charge >= 0.3 is 0 Å². The van der Waals surface area contributed by atoms with Crippen molar-refractivity contribution in [3.05, 3.63) is 64.7 Å². The average Bonchev–Trinajstić information content (AvgIpc) is 2.94. The summed E-state index contributed by atoms with van der Waals surface area (Å²) in [5.74, 6) is 1.24. The van der Waals surface area contributed by atoms with Crippen LogP contribution in [0.25, 0.3) is 0 Å². The van der Waals surface area contributed by atoms with Crippen LogP contribution in [-0.4, -0.2) is 0 Å². The van der Waals surface area contributed by atoms with Crippen LogP contribution in [0.2, 0.25) is 0 Å². The highest BCUT2D eigenvalue weighted by Crippen LogP contribution is 2.51. The van der Waals surface area contributed by atoms with Gasteiger partial charge in [0, 0.05) is 11.6 Å². The molecule has 2 aliphatic rings. The van der Waals surface area contributed by atoms with Crippen LogP contribution < -0.4 is 5.32 Å². The van der Waals surface area contributed by atoms with Crippen LogP contribution in [0.3, 0.4) is 0 Å². The van der Waals surface area contributed by atoms with E-state index < -0.39 is 0 Å². The highest BCUT2D eigenvalue weighted by atomic mass is 15.0. The molecule has 0 spiro atoms. The second-order valence-electron chi connectivity index (χ2n) is 6.13. The molecule has 4 rings (SSSR count). The van der Waals surface area contributed by atoms with Gasteiger partial charge in [0.25, 0.3) is 0 Å². The zero-order chi connectivity index (χ0) is 13.0. The van der Waals surface area contributed by atoms with Crippen molar-refractivity contribution >= 4 is 5.69 Å². The second kappa shape index (κ2) is 3.86. The number of hydrogen-bond acceptors (Lipinski definition) is 1. The summed E-state index contributed by atoms with van der Waals surface area (Å²) in [5, 5.41) is 3.72. The topological polar surface area (TPSA) is 12.0 Å². The fourth-order valence-corrected chi connectivity index (χ4v) is 3.61. The minimum Gasteiger partial charge on any atom is -0.377 e. The molecule has 1 heteroatoms. The third-order valence-corrected chi connectivity index (χ3v) is 4.69. The molecule has 2 aromatic rings. The van der Waals surface area contributed by atoms with Gasteiger partial charge in [-0.3, -0.25) is 0 Å². The van der Waals surface area contributed by atoms with Crippen LogP contribution in [0.15, 0.2) is 42.5 Å². The maximum absolute atomic E-state index is 3.72. The van der Waals surface area contributed by atoms with Crippen molar-refractivity contribution in [2.24, 2.45) is 0 Å². The summed E-state index contributed by atoms with van der Waals surface area (Å²) in [5.41, 5.74) is 7.33. The second-order valence-corrected chi connectivity index (χ2v) is 6.13. The Labute approximate surface area is 114 Å². The predicted octanol–water partition coefficient (Wildman–Crippen LogP) is 4.62. The molecule has 0 saturated carbocycles. The number of anilines is 1. The third-order valence-electron chi connectivity index (χ3n) is 4.69. The van der Waals surface area contributed by atoms with E-state index in [4.69, 9.17) is 0 Å². The van der Waals surface area contributed by atoms with Crippen molar-refractivity contribution in [3.8, 4) is 0 Å². The molecule has 96 valence electrons. The van der Waals surface area contributed by atoms with Crippen LogP contribution in [0, 0.1) is 0 Å². The van der Waals surface area contributed by atoms with E-state index in [9.17, 15) is 0 Å². The van der Waals surface area contributed by atoms with Crippen LogP contribution in [0.5, 0.6) is 0 Å². The number of benzene rings is 2. The summed E-state index contributed by atoms with van der Waals surface area (Å²) in [6, 6.07) is 16.3. The number of nitrogens with one attached hydrogen (secondary N) is 1. The Kier molecular flexibility index (Phi) is 2.26. The normalized spacial score (nSPS) is 22.9. The van der Waals surface area contributed by atoms with E-state index in [1.54, 1.807) is 0 Å². The molecule has 1 aliphatic heterocycles. The van der Waals surface area contributed by atoms with Crippen molar-refractivity contribution in [1.29, 1.82) is 0 Å². The molecule has 1 nitrogen and oxygen atoms in total. The summed E-state index contributed by atoms with van der Waals surface area (Å²) in [4.78, 5) is 0. The lowest BCUT2D eigenvalue weighted by Gasteiger charge is -2.11. The van der Waals surface area contributed by atoms with Gasteiger partial charge in [-0.2, -0.15) is 0 Å². The molecule has 1 N–H and O–H groups in total. The maximum Gasteiger partial charge on any atom is 0.0589 e. The Morgan fingerprint density at radius 1 is 1.05 bits per heavy atom. The van der Waals surface area contributed by atoms with Gasteiger partial charge in [-0.1, -0.05) is 50.2 Å². The van der Waals surface area contributed by atoms with Gasteiger partial charge < -0.3 is 5.32 Å². The van der Waals surface area contributed by atoms with Crippen LogP contribution in [0.4, 0.5) is 5.69 Å². The van der Waals surface area contributed by atoms with E-state index in [2.05, 4.69) is 61.6 Å². The molecule has 0 amide bonds. The van der Waals surface area contributed by atoms with E-state index in [0.717, 1.165) is 0 Å². The molecule has 0 saturated heterocycles. The van der Waals surface area contributed by atoms with E-state index in [1.807, 2.05) is 0 Å². The molecule has 0 fully saturated rings. The monoisotopic (exact) mass is 249 g/mol. The minimum absolute atomic E-state index is 0.494. The lowest BCUT2D eigenvalue weighted by Crippen LogP contribution is -2.05. The minimum atomic E-state index is 0.494. The molecular formula is C18H19N. The molecule has 1 aliphatic carbocycles. The summed E-state index contributed by atoms with van der Waals surface area (Å²) in [6.45, 7) is 4.54. The molecule has 0 bridgehead atoms. The molecule has 19 heavy (non-hydrogen) atoms. The van der Waals surface area contributed by atoms with Crippen molar-refractivity contribution in [2.45, 2.75) is 38.1 Å². The van der Waals surface area contributed by atoms with Gasteiger partial charge in [0.1, 0.15) is 0 Å². The van der Waals surface area contributed by atoms with Gasteiger partial charge in [0.15, 0.2) is 0 Å². The average molecular weight is 249 g/mol. The Bertz CT molecular complexity index is 642. The number of rotatable bonds is 1. The first kappa shape index (κ1) is 11.1. The molecule has 2 aromatic carbocycles. The Balaban J connectivity index is 1.79. The SMILES string of the molecule is CC(C)c1ccc2c(c1)[C@H]1Cc3ccccc3[C@H]1N2. The van der Waals surface area contributed by atoms with Crippen LogP contribution in [0.1, 0.15) is 54.0 Å². The first-order valence-corrected chi connectivity index (χ1v) is 7.22. The van der Waals surface area contributed by atoms with E-state index in [1.165, 1.54) is 34.4 Å². The Hall–Kier alpha value is -1.76. The number of hydrogen-bond donors (Lipinski definition) is 1. The van der Waals surface area contributed by atoms with E-state index in [0.29, 0.717) is 17.9 Å². The molecule has 0 radical (unpaired) electrons. The zero-order valence-corrected chi connectivity index (χ0v) is 11.5. The van der Waals surface area contributed by atoms with Crippen molar-refractivity contribution < 1.29 is 0 Å². The third kappa shape index (κ3) is 1.54. The fraction of sp³-hybridized carbons (Fsp3) is 0.333. The lowest BCUT2D eigenvalue weighted by molar-refractivity contribution is 0.675. The van der Waals surface area contributed by atoms with Crippen LogP contribution >= 0.6 is 0 Å². The van der Waals surface area contributed by atoms with E-state index in [-0.39, 0.29) is 0 Å². The van der Waals surface area contributed by atoms with Crippen molar-refractivity contribution in [1.82, 2.24) is 0 Å². The first-order chi connectivity index (χ1) is 9.24. The lowest BCUT2D eigenvalue weighted by atomic mass is 9.92. The highest BCUT2D eigenvalue weighted by Gasteiger charge is 2.39. The molecular weight excluding hydrogens is 230 g/mol. The maximum atomic E-state index is 3.72. The summed E-state index contributed by atoms with van der Waals surface area (Å²) in [6.07, 6.45) is 1.18. The smallest absolute Gasteiger partial charge is 0.0589 e. The fourth-order valence-electron chi connectivity index (χ4n) is 3.61. The standard InChI is InChI=1S/C18H19N/c1-11(2)12-7-8-17-15(9-12)16-10-13-5-3-4-6-14(13)18(16)19-17/h3-9,11,16,18-19H,10H2,1-2H3/t16-,18-/m1/s1. The summed E-state index contributed by atoms with van der Waals surface area (Å²) in [7, 11) is 0. The van der Waals surface area contributed by atoms with Gasteiger partial charge in [-0.05, 0) is 40.7 Å². The number of fused-ring (bicyclic) bond motifs is 5. The molecule has 2 atom stereocenters. The van der Waals surface area contributed by atoms with Gasteiger partial charge in [0.2, 0.25) is 0 Å². The largest absolute Gasteiger partial charge is 0.377 e. The van der Waals surface area contributed by atoms with Gasteiger partial charge in [-0.15, -0.1) is 0 Å². The Morgan fingerprint density at radius 2 is 1.89 bits per heavy atom. The van der Waals surface area contributed by atoms with Gasteiger partial charge in [0.05, 0.1) is 6.04 Å². The highest BCUT2D eigenvalue weighted by molar-refractivity contribution is 5.65.